The second-order valence-electron chi connectivity index (χ2n) is 11.5. The van der Waals surface area contributed by atoms with E-state index in [2.05, 4.69) is 5.32 Å². The fraction of sp³-hybridized carbons (Fsp3) is 0.444. The predicted octanol–water partition coefficient (Wildman–Crippen LogP) is 5.60. The molecule has 0 aromatic heterocycles. The number of carbonyl (C=O) groups is 2. The highest BCUT2D eigenvalue weighted by Gasteiger charge is 2.34. The van der Waals surface area contributed by atoms with E-state index in [1.807, 2.05) is 44.2 Å². The Bertz CT molecular complexity index is 1560. The summed E-state index contributed by atoms with van der Waals surface area (Å²) in [5.41, 5.74) is 1.29. The summed E-state index contributed by atoms with van der Waals surface area (Å²) in [6.07, 6.45) is 5.98. The number of benzene rings is 3. The third-order valence-corrected chi connectivity index (χ3v) is 10.2. The van der Waals surface area contributed by atoms with E-state index in [9.17, 15) is 18.0 Å². The van der Waals surface area contributed by atoms with Gasteiger partial charge in [0, 0.05) is 18.7 Å². The molecule has 0 unspecified atom stereocenters. The van der Waals surface area contributed by atoms with Gasteiger partial charge in [-0.15, -0.1) is 0 Å². The van der Waals surface area contributed by atoms with Crippen molar-refractivity contribution in [2.24, 2.45) is 0 Å². The van der Waals surface area contributed by atoms with Crippen molar-refractivity contribution in [3.05, 3.63) is 78.4 Å². The van der Waals surface area contributed by atoms with Crippen LogP contribution in [-0.4, -0.2) is 71.1 Å². The lowest BCUT2D eigenvalue weighted by atomic mass is 9.95. The molecule has 0 aliphatic heterocycles. The van der Waals surface area contributed by atoms with Crippen LogP contribution >= 0.6 is 0 Å². The molecule has 11 heteroatoms. The first-order valence-electron chi connectivity index (χ1n) is 16.3. The van der Waals surface area contributed by atoms with Crippen LogP contribution in [-0.2, 0) is 26.0 Å². The maximum absolute atomic E-state index is 14.4. The molecule has 1 aliphatic carbocycles. The molecule has 10 nitrogen and oxygen atoms in total. The third kappa shape index (κ3) is 9.18. The van der Waals surface area contributed by atoms with Crippen LogP contribution in [0.1, 0.15) is 57.9 Å². The van der Waals surface area contributed by atoms with Crippen LogP contribution in [0.5, 0.6) is 17.2 Å². The van der Waals surface area contributed by atoms with Gasteiger partial charge < -0.3 is 24.4 Å². The molecule has 0 saturated heterocycles. The van der Waals surface area contributed by atoms with E-state index in [0.717, 1.165) is 42.0 Å². The van der Waals surface area contributed by atoms with E-state index in [1.165, 1.54) is 37.3 Å². The van der Waals surface area contributed by atoms with Crippen LogP contribution in [0.15, 0.2) is 77.7 Å². The number of methoxy groups -OCH3 is 2. The number of rotatable bonds is 16. The van der Waals surface area contributed by atoms with E-state index in [-0.39, 0.29) is 34.8 Å². The molecule has 0 radical (unpaired) electrons. The van der Waals surface area contributed by atoms with Gasteiger partial charge in [-0.05, 0) is 74.6 Å². The number of carbonyl (C=O) groups excluding carboxylic acids is 2. The summed E-state index contributed by atoms with van der Waals surface area (Å²) >= 11 is 0. The Morgan fingerprint density at radius 3 is 2.19 bits per heavy atom. The first kappa shape index (κ1) is 35.6. The zero-order chi connectivity index (χ0) is 33.8. The van der Waals surface area contributed by atoms with Crippen molar-refractivity contribution >= 4 is 27.5 Å². The molecule has 1 aliphatic rings. The van der Waals surface area contributed by atoms with E-state index >= 15 is 0 Å². The van der Waals surface area contributed by atoms with Crippen molar-refractivity contribution in [1.82, 2.24) is 10.2 Å². The van der Waals surface area contributed by atoms with Crippen molar-refractivity contribution in [2.45, 2.75) is 75.8 Å². The molecular weight excluding hydrogens is 618 g/mol. The van der Waals surface area contributed by atoms with E-state index < -0.39 is 28.5 Å². The second-order valence-corrected chi connectivity index (χ2v) is 13.4. The van der Waals surface area contributed by atoms with Crippen LogP contribution in [0.4, 0.5) is 5.69 Å². The Hall–Kier alpha value is -4.25. The van der Waals surface area contributed by atoms with Crippen molar-refractivity contribution in [1.29, 1.82) is 0 Å². The van der Waals surface area contributed by atoms with Crippen molar-refractivity contribution in [3.8, 4) is 17.2 Å². The summed E-state index contributed by atoms with van der Waals surface area (Å²) in [6.45, 7) is 3.90. The monoisotopic (exact) mass is 665 g/mol. The minimum Gasteiger partial charge on any atom is -0.494 e. The average molecular weight is 666 g/mol. The van der Waals surface area contributed by atoms with Gasteiger partial charge in [0.15, 0.2) is 11.5 Å². The molecule has 0 heterocycles. The molecule has 1 saturated carbocycles. The molecule has 4 rings (SSSR count). The number of sulfonamides is 1. The number of ether oxygens (including phenoxy) is 3. The molecule has 254 valence electrons. The third-order valence-electron chi connectivity index (χ3n) is 8.48. The number of hydrogen-bond acceptors (Lipinski definition) is 7. The highest BCUT2D eigenvalue weighted by Crippen LogP contribution is 2.33. The molecule has 3 aromatic carbocycles. The molecule has 3 aromatic rings. The molecular formula is C36H47N3O7S. The molecule has 47 heavy (non-hydrogen) atoms. The maximum Gasteiger partial charge on any atom is 0.264 e. The number of nitrogens with one attached hydrogen (secondary N) is 1. The Morgan fingerprint density at radius 1 is 0.894 bits per heavy atom. The van der Waals surface area contributed by atoms with Gasteiger partial charge in [0.25, 0.3) is 10.0 Å². The maximum atomic E-state index is 14.4. The van der Waals surface area contributed by atoms with Crippen molar-refractivity contribution in [3.63, 3.8) is 0 Å². The molecule has 2 amide bonds. The number of hydrogen-bond donors (Lipinski definition) is 1. The summed E-state index contributed by atoms with van der Waals surface area (Å²) in [6, 6.07) is 19.9. The van der Waals surface area contributed by atoms with Gasteiger partial charge in [-0.25, -0.2) is 8.42 Å². The normalized spacial score (nSPS) is 14.1. The summed E-state index contributed by atoms with van der Waals surface area (Å²) < 4.78 is 46.0. The van der Waals surface area contributed by atoms with Crippen molar-refractivity contribution < 1.29 is 32.2 Å². The van der Waals surface area contributed by atoms with Gasteiger partial charge in [-0.1, -0.05) is 56.5 Å². The fourth-order valence-electron chi connectivity index (χ4n) is 5.95. The van der Waals surface area contributed by atoms with Crippen molar-refractivity contribution in [2.75, 3.05) is 38.2 Å². The fourth-order valence-corrected chi connectivity index (χ4v) is 7.38. The van der Waals surface area contributed by atoms with Crippen LogP contribution in [0.3, 0.4) is 0 Å². The van der Waals surface area contributed by atoms with Crippen LogP contribution in [0.25, 0.3) is 0 Å². The van der Waals surface area contributed by atoms with E-state index in [0.29, 0.717) is 30.9 Å². The van der Waals surface area contributed by atoms with Gasteiger partial charge in [-0.3, -0.25) is 13.9 Å². The van der Waals surface area contributed by atoms with Crippen LogP contribution in [0.2, 0.25) is 0 Å². The Kier molecular flexibility index (Phi) is 12.9. The second kappa shape index (κ2) is 17.1. The highest BCUT2D eigenvalue weighted by molar-refractivity contribution is 7.92. The van der Waals surface area contributed by atoms with Gasteiger partial charge >= 0.3 is 0 Å². The zero-order valence-corrected chi connectivity index (χ0v) is 28.6. The zero-order valence-electron chi connectivity index (χ0n) is 27.8. The SMILES string of the molecule is CCOc1ccc(N(CC(=O)N(CCc2ccccc2)[C@@H](CC)C(=O)NC2CCCCC2)S(=O)(=O)c2ccc(OC)c(OC)c2)cc1. The summed E-state index contributed by atoms with van der Waals surface area (Å²) in [7, 11) is -1.40. The van der Waals surface area contributed by atoms with Gasteiger partial charge in [0.2, 0.25) is 11.8 Å². The lowest BCUT2D eigenvalue weighted by Crippen LogP contribution is -2.54. The molecule has 0 bridgehead atoms. The Labute approximate surface area is 279 Å². The topological polar surface area (TPSA) is 114 Å². The predicted molar refractivity (Wildman–Crippen MR) is 183 cm³/mol. The number of amides is 2. The molecule has 0 spiro atoms. The molecule has 1 N–H and O–H groups in total. The van der Waals surface area contributed by atoms with E-state index in [4.69, 9.17) is 14.2 Å². The summed E-state index contributed by atoms with van der Waals surface area (Å²) in [4.78, 5) is 29.6. The smallest absolute Gasteiger partial charge is 0.264 e. The standard InChI is InChI=1S/C36H47N3O7S/c1-5-32(36(41)37-28-15-11-8-12-16-28)38(24-23-27-13-9-7-10-14-27)35(40)26-39(29-17-19-30(20-18-29)46-6-2)47(42,43)31-21-22-33(44-3)34(25-31)45-4/h7,9-10,13-14,17-22,25,28,32H,5-6,8,11-12,15-16,23-24,26H2,1-4H3,(H,37,41)/t32-/m0/s1. The lowest BCUT2D eigenvalue weighted by molar-refractivity contribution is -0.140. The lowest BCUT2D eigenvalue weighted by Gasteiger charge is -2.34. The summed E-state index contributed by atoms with van der Waals surface area (Å²) in [5.74, 6) is 0.486. The summed E-state index contributed by atoms with van der Waals surface area (Å²) in [5, 5.41) is 3.18. The van der Waals surface area contributed by atoms with Crippen LogP contribution in [0, 0.1) is 0 Å². The van der Waals surface area contributed by atoms with E-state index in [1.54, 1.807) is 24.3 Å². The Morgan fingerprint density at radius 2 is 1.57 bits per heavy atom. The van der Waals surface area contributed by atoms with Gasteiger partial charge in [0.05, 0.1) is 31.4 Å². The average Bonchev–Trinajstić information content (AvgIpc) is 3.09. The van der Waals surface area contributed by atoms with Gasteiger partial charge in [-0.2, -0.15) is 0 Å². The minimum absolute atomic E-state index is 0.0714. The van der Waals surface area contributed by atoms with Gasteiger partial charge in [0.1, 0.15) is 18.3 Å². The molecule has 1 fully saturated rings. The minimum atomic E-state index is -4.30. The largest absolute Gasteiger partial charge is 0.494 e. The number of anilines is 1. The molecule has 1 atom stereocenters. The first-order valence-corrected chi connectivity index (χ1v) is 17.8. The first-order chi connectivity index (χ1) is 22.7. The highest BCUT2D eigenvalue weighted by atomic mass is 32.2. The van der Waals surface area contributed by atoms with Crippen LogP contribution < -0.4 is 23.8 Å². The number of nitrogens with zero attached hydrogens (tertiary/aromatic N) is 2. The Balaban J connectivity index is 1.71. The quantitative estimate of drug-likeness (QED) is 0.212.